The van der Waals surface area contributed by atoms with Gasteiger partial charge in [0, 0.05) is 0 Å². The van der Waals surface area contributed by atoms with E-state index < -0.39 is 0 Å². The van der Waals surface area contributed by atoms with Gasteiger partial charge in [-0.1, -0.05) is 39.7 Å². The van der Waals surface area contributed by atoms with Gasteiger partial charge in [-0.15, -0.1) is 0 Å². The number of hydrogen-bond donors (Lipinski definition) is 0. The number of hydrogen-bond acceptors (Lipinski definition) is 1. The Morgan fingerprint density at radius 2 is 2.07 bits per heavy atom. The van der Waals surface area contributed by atoms with Crippen molar-refractivity contribution in [2.45, 2.75) is 47.0 Å². The molecule has 0 radical (unpaired) electrons. The third kappa shape index (κ3) is 2.70. The fraction of sp³-hybridized carbons (Fsp3) is 0.769. The minimum absolute atomic E-state index is 0.165. The van der Waals surface area contributed by atoms with E-state index in [1.54, 1.807) is 13.0 Å². The Hall–Kier alpha value is -0.590. The molecular formula is C13H22O. The number of ketones is 1. The molecule has 1 aliphatic carbocycles. The standard InChI is InChI=1S/C13H22O/c1-10-6-5-9-13(3,4)12(10)8-7-11(2)14/h7-8,10,12H,5-6,9H2,1-4H3/t10-,12+/m0/s1. The maximum atomic E-state index is 10.9. The van der Waals surface area contributed by atoms with Gasteiger partial charge in [0.2, 0.25) is 0 Å². The topological polar surface area (TPSA) is 17.1 Å². The second-order valence-corrected chi connectivity index (χ2v) is 5.35. The van der Waals surface area contributed by atoms with Crippen molar-refractivity contribution in [2.24, 2.45) is 17.3 Å². The first kappa shape index (κ1) is 11.5. The number of carbonyl (C=O) groups is 1. The van der Waals surface area contributed by atoms with Crippen molar-refractivity contribution in [3.05, 3.63) is 12.2 Å². The van der Waals surface area contributed by atoms with Crippen LogP contribution in [0.4, 0.5) is 0 Å². The molecule has 1 saturated carbocycles. The Morgan fingerprint density at radius 1 is 1.43 bits per heavy atom. The van der Waals surface area contributed by atoms with E-state index in [1.165, 1.54) is 19.3 Å². The van der Waals surface area contributed by atoms with Crippen molar-refractivity contribution in [2.75, 3.05) is 0 Å². The van der Waals surface area contributed by atoms with Gasteiger partial charge in [0.1, 0.15) is 0 Å². The summed E-state index contributed by atoms with van der Waals surface area (Å²) >= 11 is 0. The van der Waals surface area contributed by atoms with E-state index in [9.17, 15) is 4.79 Å². The molecule has 0 spiro atoms. The molecule has 0 aromatic heterocycles. The predicted molar refractivity (Wildman–Crippen MR) is 60.1 cm³/mol. The Morgan fingerprint density at radius 3 is 2.57 bits per heavy atom. The molecule has 1 nitrogen and oxygen atoms in total. The number of allylic oxidation sites excluding steroid dienone is 2. The fourth-order valence-corrected chi connectivity index (χ4v) is 2.69. The number of rotatable bonds is 2. The molecule has 0 unspecified atom stereocenters. The van der Waals surface area contributed by atoms with Crippen LogP contribution in [0.1, 0.15) is 47.0 Å². The second kappa shape index (κ2) is 4.29. The van der Waals surface area contributed by atoms with Crippen LogP contribution in [0.15, 0.2) is 12.2 Å². The molecule has 0 aliphatic heterocycles. The van der Waals surface area contributed by atoms with Crippen LogP contribution in [0.25, 0.3) is 0 Å². The van der Waals surface area contributed by atoms with Crippen LogP contribution < -0.4 is 0 Å². The van der Waals surface area contributed by atoms with Gasteiger partial charge in [0.25, 0.3) is 0 Å². The lowest BCUT2D eigenvalue weighted by atomic mass is 9.64. The second-order valence-electron chi connectivity index (χ2n) is 5.35. The normalized spacial score (nSPS) is 32.0. The van der Waals surface area contributed by atoms with Crippen LogP contribution in [0.2, 0.25) is 0 Å². The van der Waals surface area contributed by atoms with Crippen LogP contribution in [0.3, 0.4) is 0 Å². The summed E-state index contributed by atoms with van der Waals surface area (Å²) in [5, 5.41) is 0. The van der Waals surface area contributed by atoms with Gasteiger partial charge in [-0.3, -0.25) is 4.79 Å². The lowest BCUT2D eigenvalue weighted by molar-refractivity contribution is -0.112. The lowest BCUT2D eigenvalue weighted by Gasteiger charge is -2.41. The van der Waals surface area contributed by atoms with Gasteiger partial charge in [0.15, 0.2) is 5.78 Å². The summed E-state index contributed by atoms with van der Waals surface area (Å²) < 4.78 is 0. The van der Waals surface area contributed by atoms with E-state index in [0.717, 1.165) is 0 Å². The van der Waals surface area contributed by atoms with Crippen LogP contribution in [0, 0.1) is 17.3 Å². The summed E-state index contributed by atoms with van der Waals surface area (Å²) in [6.07, 6.45) is 7.79. The molecule has 14 heavy (non-hydrogen) atoms. The lowest BCUT2D eigenvalue weighted by Crippen LogP contribution is -2.32. The molecule has 0 saturated heterocycles. The largest absolute Gasteiger partial charge is 0.295 e. The highest BCUT2D eigenvalue weighted by atomic mass is 16.1. The van der Waals surface area contributed by atoms with Gasteiger partial charge < -0.3 is 0 Å². The molecule has 1 fully saturated rings. The first-order chi connectivity index (χ1) is 6.43. The molecule has 0 heterocycles. The molecule has 1 aliphatic rings. The maximum absolute atomic E-state index is 10.9. The van der Waals surface area contributed by atoms with Crippen molar-refractivity contribution in [3.8, 4) is 0 Å². The molecule has 0 aromatic carbocycles. The minimum Gasteiger partial charge on any atom is -0.295 e. The van der Waals surface area contributed by atoms with Gasteiger partial charge in [0.05, 0.1) is 0 Å². The molecule has 0 amide bonds. The third-order valence-corrected chi connectivity index (χ3v) is 3.53. The minimum atomic E-state index is 0.165. The van der Waals surface area contributed by atoms with Crippen LogP contribution in [0.5, 0.6) is 0 Å². The van der Waals surface area contributed by atoms with Gasteiger partial charge in [-0.25, -0.2) is 0 Å². The van der Waals surface area contributed by atoms with Crippen LogP contribution >= 0.6 is 0 Å². The van der Waals surface area contributed by atoms with Crippen molar-refractivity contribution in [1.29, 1.82) is 0 Å². The summed E-state index contributed by atoms with van der Waals surface area (Å²) in [6, 6.07) is 0. The highest BCUT2D eigenvalue weighted by Crippen LogP contribution is 2.44. The summed E-state index contributed by atoms with van der Waals surface area (Å²) in [5.74, 6) is 1.45. The monoisotopic (exact) mass is 194 g/mol. The average molecular weight is 194 g/mol. The Kier molecular flexibility index (Phi) is 3.52. The Bertz CT molecular complexity index is 238. The van der Waals surface area contributed by atoms with E-state index in [4.69, 9.17) is 0 Å². The summed E-state index contributed by atoms with van der Waals surface area (Å²) in [4.78, 5) is 10.9. The number of carbonyl (C=O) groups excluding carboxylic acids is 1. The average Bonchev–Trinajstić information content (AvgIpc) is 2.01. The molecule has 1 heteroatoms. The van der Waals surface area contributed by atoms with Gasteiger partial charge in [-0.2, -0.15) is 0 Å². The molecule has 0 bridgehead atoms. The quantitative estimate of drug-likeness (QED) is 0.614. The van der Waals surface area contributed by atoms with Crippen molar-refractivity contribution in [3.63, 3.8) is 0 Å². The fourth-order valence-electron chi connectivity index (χ4n) is 2.69. The zero-order chi connectivity index (χ0) is 10.8. The first-order valence-corrected chi connectivity index (χ1v) is 5.62. The first-order valence-electron chi connectivity index (χ1n) is 5.62. The van der Waals surface area contributed by atoms with Crippen molar-refractivity contribution in [1.82, 2.24) is 0 Å². The summed E-state index contributed by atoms with van der Waals surface area (Å²) in [7, 11) is 0. The van der Waals surface area contributed by atoms with E-state index in [-0.39, 0.29) is 5.78 Å². The van der Waals surface area contributed by atoms with Gasteiger partial charge >= 0.3 is 0 Å². The van der Waals surface area contributed by atoms with Crippen LogP contribution in [-0.4, -0.2) is 5.78 Å². The molecule has 80 valence electrons. The van der Waals surface area contributed by atoms with Crippen LogP contribution in [-0.2, 0) is 4.79 Å². The predicted octanol–water partition coefficient (Wildman–Crippen LogP) is 3.59. The highest BCUT2D eigenvalue weighted by molar-refractivity contribution is 5.87. The Labute approximate surface area is 87.6 Å². The zero-order valence-electron chi connectivity index (χ0n) is 9.84. The zero-order valence-corrected chi connectivity index (χ0v) is 9.84. The molecule has 1 rings (SSSR count). The molecule has 0 N–H and O–H groups in total. The third-order valence-electron chi connectivity index (χ3n) is 3.53. The van der Waals surface area contributed by atoms with E-state index in [2.05, 4.69) is 26.8 Å². The Balaban J connectivity index is 2.75. The van der Waals surface area contributed by atoms with E-state index >= 15 is 0 Å². The summed E-state index contributed by atoms with van der Waals surface area (Å²) in [6.45, 7) is 8.56. The smallest absolute Gasteiger partial charge is 0.152 e. The molecular weight excluding hydrogens is 172 g/mol. The van der Waals surface area contributed by atoms with E-state index in [0.29, 0.717) is 17.3 Å². The molecule has 0 aromatic rings. The van der Waals surface area contributed by atoms with E-state index in [1.807, 2.05) is 0 Å². The SMILES string of the molecule is CC(=O)C=C[C@@H]1[C@@H](C)CCCC1(C)C. The van der Waals surface area contributed by atoms with Gasteiger partial charge in [-0.05, 0) is 36.7 Å². The molecule has 2 atom stereocenters. The van der Waals surface area contributed by atoms with Crippen molar-refractivity contribution < 1.29 is 4.79 Å². The maximum Gasteiger partial charge on any atom is 0.152 e. The van der Waals surface area contributed by atoms with Crippen molar-refractivity contribution >= 4 is 5.78 Å². The highest BCUT2D eigenvalue weighted by Gasteiger charge is 2.34. The summed E-state index contributed by atoms with van der Waals surface area (Å²) in [5.41, 5.74) is 0.365.